The topological polar surface area (TPSA) is 68.0 Å². The van der Waals surface area contributed by atoms with Crippen molar-refractivity contribution in [3.63, 3.8) is 0 Å². The first-order valence-corrected chi connectivity index (χ1v) is 11.6. The second kappa shape index (κ2) is 8.15. The number of rotatable bonds is 3. The van der Waals surface area contributed by atoms with Crippen LogP contribution in [0.5, 0.6) is 0 Å². The number of para-hydroxylation sites is 1. The minimum atomic E-state index is -0.337. The molecule has 31 heavy (non-hydrogen) atoms. The fourth-order valence-electron chi connectivity index (χ4n) is 4.16. The molecule has 0 bridgehead atoms. The summed E-state index contributed by atoms with van der Waals surface area (Å²) in [5.74, 6) is 0.133. The van der Waals surface area contributed by atoms with Gasteiger partial charge in [0.05, 0.1) is 21.4 Å². The van der Waals surface area contributed by atoms with Gasteiger partial charge in [0.2, 0.25) is 0 Å². The van der Waals surface area contributed by atoms with Crippen LogP contribution in [0.1, 0.15) is 38.8 Å². The number of amides is 1. The van der Waals surface area contributed by atoms with Crippen LogP contribution in [0.3, 0.4) is 0 Å². The highest BCUT2D eigenvalue weighted by molar-refractivity contribution is 7.21. The maximum atomic E-state index is 12.9. The van der Waals surface area contributed by atoms with Gasteiger partial charge >= 0.3 is 0 Å². The number of aryl methyl sites for hydroxylation is 1. The number of aromatic nitrogens is 1. The molecule has 5 rings (SSSR count). The van der Waals surface area contributed by atoms with Crippen molar-refractivity contribution in [2.45, 2.75) is 25.2 Å². The van der Waals surface area contributed by atoms with Gasteiger partial charge in [0.1, 0.15) is 9.71 Å². The van der Waals surface area contributed by atoms with Crippen molar-refractivity contribution in [2.75, 3.05) is 11.1 Å². The van der Waals surface area contributed by atoms with Crippen LogP contribution in [0, 0.1) is 0 Å². The molecule has 1 atom stereocenters. The molecule has 2 aromatic heterocycles. The Hall–Kier alpha value is -2.60. The lowest BCUT2D eigenvalue weighted by Crippen LogP contribution is -2.14. The molecule has 1 amide bonds. The molecule has 2 aromatic carbocycles. The summed E-state index contributed by atoms with van der Waals surface area (Å²) < 4.78 is 0. The number of halogens is 2. The molecule has 1 aliphatic rings. The molecule has 0 spiro atoms. The second-order valence-corrected chi connectivity index (χ2v) is 9.51. The number of hydrogen-bond acceptors (Lipinski definition) is 4. The van der Waals surface area contributed by atoms with Crippen molar-refractivity contribution < 1.29 is 4.79 Å². The highest BCUT2D eigenvalue weighted by Gasteiger charge is 2.25. The predicted octanol–water partition coefficient (Wildman–Crippen LogP) is 6.71. The van der Waals surface area contributed by atoms with E-state index in [1.165, 1.54) is 22.5 Å². The monoisotopic (exact) mass is 467 g/mol. The molecule has 0 aliphatic heterocycles. The molecule has 4 aromatic rings. The number of thiophene rings is 1. The molecule has 7 heteroatoms. The third-order valence-corrected chi connectivity index (χ3v) is 7.51. The van der Waals surface area contributed by atoms with Gasteiger partial charge in [-0.15, -0.1) is 11.3 Å². The summed E-state index contributed by atoms with van der Waals surface area (Å²) in [5, 5.41) is 4.37. The molecule has 4 nitrogen and oxygen atoms in total. The Morgan fingerprint density at radius 3 is 2.58 bits per heavy atom. The number of nitrogens with two attached hydrogens (primary N) is 1. The molecule has 0 saturated heterocycles. The molecule has 2 heterocycles. The maximum Gasteiger partial charge on any atom is 0.268 e. The van der Waals surface area contributed by atoms with E-state index in [9.17, 15) is 4.79 Å². The lowest BCUT2D eigenvalue weighted by Gasteiger charge is -2.24. The van der Waals surface area contributed by atoms with Gasteiger partial charge in [-0.2, -0.15) is 0 Å². The fourth-order valence-corrected chi connectivity index (χ4v) is 5.64. The molecular formula is C24H19Cl2N3OS. The Balaban J connectivity index is 1.47. The zero-order valence-electron chi connectivity index (χ0n) is 16.5. The summed E-state index contributed by atoms with van der Waals surface area (Å²) in [6.45, 7) is 0. The molecule has 0 fully saturated rings. The van der Waals surface area contributed by atoms with Gasteiger partial charge in [-0.25, -0.2) is 4.98 Å². The van der Waals surface area contributed by atoms with Gasteiger partial charge in [0.25, 0.3) is 5.91 Å². The smallest absolute Gasteiger partial charge is 0.268 e. The first-order valence-electron chi connectivity index (χ1n) is 10.0. The number of hydrogen-bond donors (Lipinski definition) is 2. The van der Waals surface area contributed by atoms with Gasteiger partial charge in [0.15, 0.2) is 0 Å². The summed E-state index contributed by atoms with van der Waals surface area (Å²) in [5.41, 5.74) is 10.9. The zero-order chi connectivity index (χ0) is 21.5. The van der Waals surface area contributed by atoms with Crippen LogP contribution in [-0.4, -0.2) is 10.9 Å². The van der Waals surface area contributed by atoms with Crippen LogP contribution in [-0.2, 0) is 12.8 Å². The van der Waals surface area contributed by atoms with Crippen molar-refractivity contribution >= 4 is 62.0 Å². The summed E-state index contributed by atoms with van der Waals surface area (Å²) >= 11 is 13.7. The number of carbonyl (C=O) groups is 1. The van der Waals surface area contributed by atoms with E-state index >= 15 is 0 Å². The molecule has 1 aliphatic carbocycles. The van der Waals surface area contributed by atoms with Crippen molar-refractivity contribution in [2.24, 2.45) is 0 Å². The lowest BCUT2D eigenvalue weighted by molar-refractivity contribution is 0.103. The van der Waals surface area contributed by atoms with E-state index < -0.39 is 0 Å². The highest BCUT2D eigenvalue weighted by atomic mass is 35.5. The Kier molecular flexibility index (Phi) is 5.34. The van der Waals surface area contributed by atoms with Crippen molar-refractivity contribution in [3.8, 4) is 0 Å². The van der Waals surface area contributed by atoms with E-state index in [1.54, 1.807) is 18.2 Å². The Morgan fingerprint density at radius 2 is 1.84 bits per heavy atom. The number of nitrogen functional groups attached to an aromatic ring is 1. The van der Waals surface area contributed by atoms with Gasteiger partial charge in [-0.3, -0.25) is 4.79 Å². The normalized spacial score (nSPS) is 15.6. The first kappa shape index (κ1) is 20.3. The lowest BCUT2D eigenvalue weighted by atomic mass is 9.82. The van der Waals surface area contributed by atoms with Gasteiger partial charge in [-0.05, 0) is 54.5 Å². The average molecular weight is 468 g/mol. The number of nitrogens with one attached hydrogen (secondary N) is 1. The van der Waals surface area contributed by atoms with Gasteiger partial charge in [-0.1, -0.05) is 59.6 Å². The molecular weight excluding hydrogens is 449 g/mol. The largest absolute Gasteiger partial charge is 0.397 e. The van der Waals surface area contributed by atoms with E-state index in [-0.39, 0.29) is 5.91 Å². The third-order valence-electron chi connectivity index (χ3n) is 5.76. The van der Waals surface area contributed by atoms with E-state index in [0.717, 1.165) is 35.2 Å². The van der Waals surface area contributed by atoms with Crippen molar-refractivity contribution in [3.05, 3.63) is 86.3 Å². The van der Waals surface area contributed by atoms with E-state index in [1.807, 2.05) is 6.07 Å². The maximum absolute atomic E-state index is 12.9. The summed E-state index contributed by atoms with van der Waals surface area (Å²) in [7, 11) is 0. The number of carbonyl (C=O) groups excluding carboxylic acids is 1. The van der Waals surface area contributed by atoms with E-state index in [4.69, 9.17) is 33.9 Å². The minimum absolute atomic E-state index is 0.337. The second-order valence-electron chi connectivity index (χ2n) is 7.69. The number of anilines is 2. The first-order chi connectivity index (χ1) is 15.0. The standard InChI is InChI=1S/C24H19Cl2N3OS/c25-17-7-4-8-18(26)21(17)29-23(30)22-20(27)16-12-15-11-14(13-5-2-1-3-6-13)9-10-19(15)28-24(16)31-22/h1-8,12,14H,9-11,27H2,(H,29,30). The quantitative estimate of drug-likeness (QED) is 0.351. The summed E-state index contributed by atoms with van der Waals surface area (Å²) in [6.07, 6.45) is 2.91. The predicted molar refractivity (Wildman–Crippen MR) is 130 cm³/mol. The Bertz CT molecular complexity index is 1280. The third kappa shape index (κ3) is 3.78. The Morgan fingerprint density at radius 1 is 1.10 bits per heavy atom. The van der Waals surface area contributed by atoms with Crippen LogP contribution in [0.2, 0.25) is 10.0 Å². The molecule has 156 valence electrons. The number of nitrogens with zero attached hydrogens (tertiary/aromatic N) is 1. The average Bonchev–Trinajstić information content (AvgIpc) is 3.10. The molecule has 3 N–H and O–H groups in total. The summed E-state index contributed by atoms with van der Waals surface area (Å²) in [4.78, 5) is 19.0. The van der Waals surface area contributed by atoms with Crippen LogP contribution in [0.4, 0.5) is 11.4 Å². The van der Waals surface area contributed by atoms with Gasteiger partial charge < -0.3 is 11.1 Å². The zero-order valence-corrected chi connectivity index (χ0v) is 18.8. The van der Waals surface area contributed by atoms with Crippen molar-refractivity contribution in [1.82, 2.24) is 4.98 Å². The number of pyridine rings is 1. The van der Waals surface area contributed by atoms with Crippen molar-refractivity contribution in [1.29, 1.82) is 0 Å². The van der Waals surface area contributed by atoms with Crippen LogP contribution < -0.4 is 11.1 Å². The van der Waals surface area contributed by atoms with Crippen LogP contribution in [0.25, 0.3) is 10.2 Å². The Labute approximate surface area is 194 Å². The number of benzene rings is 2. The van der Waals surface area contributed by atoms with E-state index in [0.29, 0.717) is 32.2 Å². The van der Waals surface area contributed by atoms with Crippen LogP contribution >= 0.6 is 34.5 Å². The van der Waals surface area contributed by atoms with E-state index in [2.05, 4.69) is 35.6 Å². The molecule has 1 unspecified atom stereocenters. The SMILES string of the molecule is Nc1c(C(=O)Nc2c(Cl)cccc2Cl)sc2nc3c(cc12)CC(c1ccccc1)CC3. The highest BCUT2D eigenvalue weighted by Crippen LogP contribution is 2.39. The molecule has 0 radical (unpaired) electrons. The molecule has 0 saturated carbocycles. The minimum Gasteiger partial charge on any atom is -0.397 e. The summed E-state index contributed by atoms with van der Waals surface area (Å²) in [6, 6.07) is 17.8. The van der Waals surface area contributed by atoms with Crippen LogP contribution in [0.15, 0.2) is 54.6 Å². The fraction of sp³-hybridized carbons (Fsp3) is 0.167. The number of fused-ring (bicyclic) bond motifs is 2. The van der Waals surface area contributed by atoms with Gasteiger partial charge in [0, 0.05) is 11.1 Å².